The third kappa shape index (κ3) is 5.45. The minimum absolute atomic E-state index is 0.592. The van der Waals surface area contributed by atoms with E-state index in [0.29, 0.717) is 10.9 Å². The molecule has 0 unspecified atom stereocenters. The largest absolute Gasteiger partial charge is 0.379 e. The number of halogens is 3. The zero-order chi connectivity index (χ0) is 11.8. The van der Waals surface area contributed by atoms with Crippen LogP contribution in [-0.2, 0) is 10.9 Å². The molecule has 1 aliphatic rings. The Morgan fingerprint density at radius 1 is 0.875 bits per heavy atom. The lowest BCUT2D eigenvalue weighted by Gasteiger charge is -2.12. The molecule has 1 aliphatic heterocycles. The van der Waals surface area contributed by atoms with E-state index in [0.717, 1.165) is 0 Å². The van der Waals surface area contributed by atoms with Gasteiger partial charge in [-0.05, 0) is 31.4 Å². The van der Waals surface area contributed by atoms with Crippen LogP contribution in [0.5, 0.6) is 0 Å². The molecule has 0 nitrogen and oxygen atoms in total. The van der Waals surface area contributed by atoms with E-state index in [1.54, 1.807) is 4.90 Å². The highest BCUT2D eigenvalue weighted by molar-refractivity contribution is 7.96. The van der Waals surface area contributed by atoms with Crippen LogP contribution in [0.3, 0.4) is 0 Å². The number of benzene rings is 1. The molecule has 0 N–H and O–H groups in total. The summed E-state index contributed by atoms with van der Waals surface area (Å²) in [6.45, 7) is -3.67. The Bertz CT molecular complexity index is 268. The first kappa shape index (κ1) is 13.4. The molecule has 0 atom stereocenters. The average Bonchev–Trinajstić information content (AvgIpc) is 2.31. The van der Waals surface area contributed by atoms with Crippen molar-refractivity contribution in [2.45, 2.75) is 30.8 Å². The molecular weight excluding hydrogens is 233 g/mol. The average molecular weight is 249 g/mol. The first-order valence-electron chi connectivity index (χ1n) is 5.35. The van der Waals surface area contributed by atoms with Crippen LogP contribution in [-0.4, -0.2) is 18.2 Å². The standard InChI is InChI=1S/C11H15S.CHF3/c1-3-7-11(8-4-1)12-9-5-2-6-10-12;2-1(3)4/h1,3-4,7-8H,2,5-6,9-10H2;1H/q+1;. The van der Waals surface area contributed by atoms with Crippen molar-refractivity contribution < 1.29 is 13.2 Å². The van der Waals surface area contributed by atoms with E-state index >= 15 is 0 Å². The Morgan fingerprint density at radius 2 is 1.38 bits per heavy atom. The highest BCUT2D eigenvalue weighted by Gasteiger charge is 2.23. The van der Waals surface area contributed by atoms with Crippen LogP contribution in [0.2, 0.25) is 0 Å². The lowest BCUT2D eigenvalue weighted by molar-refractivity contribution is 0.00819. The molecule has 1 fully saturated rings. The first-order chi connectivity index (χ1) is 7.70. The molecule has 1 aromatic carbocycles. The van der Waals surface area contributed by atoms with Gasteiger partial charge in [-0.2, -0.15) is 13.2 Å². The van der Waals surface area contributed by atoms with Gasteiger partial charge in [-0.15, -0.1) is 0 Å². The number of hydrogen-bond donors (Lipinski definition) is 0. The second-order valence-electron chi connectivity index (χ2n) is 3.52. The van der Waals surface area contributed by atoms with Gasteiger partial charge in [0.1, 0.15) is 11.5 Å². The van der Waals surface area contributed by atoms with Crippen LogP contribution in [0.15, 0.2) is 35.2 Å². The molecule has 0 aromatic heterocycles. The summed E-state index contributed by atoms with van der Waals surface area (Å²) in [5.41, 5.74) is 0. The van der Waals surface area contributed by atoms with Crippen LogP contribution in [0, 0.1) is 0 Å². The van der Waals surface area contributed by atoms with E-state index in [1.165, 1.54) is 30.8 Å². The molecule has 0 saturated carbocycles. The Labute approximate surface area is 97.2 Å². The molecule has 0 amide bonds. The molecule has 1 saturated heterocycles. The van der Waals surface area contributed by atoms with Gasteiger partial charge in [0, 0.05) is 10.9 Å². The third-order valence-corrected chi connectivity index (χ3v) is 4.86. The van der Waals surface area contributed by atoms with E-state index in [9.17, 15) is 13.2 Å². The lowest BCUT2D eigenvalue weighted by Crippen LogP contribution is -2.17. The summed E-state index contributed by atoms with van der Waals surface area (Å²) < 4.78 is 29.0. The van der Waals surface area contributed by atoms with Crippen molar-refractivity contribution in [2.24, 2.45) is 0 Å². The second-order valence-corrected chi connectivity index (χ2v) is 5.80. The zero-order valence-corrected chi connectivity index (χ0v) is 9.86. The molecule has 90 valence electrons. The van der Waals surface area contributed by atoms with Gasteiger partial charge in [0.25, 0.3) is 0 Å². The molecular formula is C12H16F3S+. The summed E-state index contributed by atoms with van der Waals surface area (Å²) >= 11 is 0. The number of hydrogen-bond acceptors (Lipinski definition) is 0. The predicted octanol–water partition coefficient (Wildman–Crippen LogP) is 4.03. The summed E-state index contributed by atoms with van der Waals surface area (Å²) in [7, 11) is 0.592. The van der Waals surface area contributed by atoms with Gasteiger partial charge in [0.2, 0.25) is 0 Å². The highest BCUT2D eigenvalue weighted by Crippen LogP contribution is 2.21. The van der Waals surface area contributed by atoms with Gasteiger partial charge >= 0.3 is 6.68 Å². The van der Waals surface area contributed by atoms with Gasteiger partial charge in [-0.25, -0.2) is 0 Å². The van der Waals surface area contributed by atoms with Crippen LogP contribution in [0.1, 0.15) is 19.3 Å². The minimum Gasteiger partial charge on any atom is -0.174 e. The van der Waals surface area contributed by atoms with Crippen LogP contribution >= 0.6 is 0 Å². The highest BCUT2D eigenvalue weighted by atomic mass is 32.2. The van der Waals surface area contributed by atoms with Crippen molar-refractivity contribution in [3.05, 3.63) is 30.3 Å². The van der Waals surface area contributed by atoms with Crippen molar-refractivity contribution in [3.63, 3.8) is 0 Å². The molecule has 1 aromatic rings. The molecule has 0 spiro atoms. The quantitative estimate of drug-likeness (QED) is 0.659. The third-order valence-electron chi connectivity index (χ3n) is 2.36. The topological polar surface area (TPSA) is 0 Å². The fraction of sp³-hybridized carbons (Fsp3) is 0.500. The van der Waals surface area contributed by atoms with Crippen molar-refractivity contribution in [1.82, 2.24) is 0 Å². The monoisotopic (exact) mass is 249 g/mol. The number of rotatable bonds is 1. The maximum Gasteiger partial charge on any atom is 0.379 e. The lowest BCUT2D eigenvalue weighted by atomic mass is 10.3. The summed E-state index contributed by atoms with van der Waals surface area (Å²) in [6.07, 6.45) is 4.34. The maximum absolute atomic E-state index is 9.67. The first-order valence-corrected chi connectivity index (χ1v) is 6.91. The Kier molecular flexibility index (Phi) is 6.38. The molecule has 4 heteroatoms. The summed E-state index contributed by atoms with van der Waals surface area (Å²) in [5.74, 6) is 2.87. The maximum atomic E-state index is 9.67. The Hall–Kier alpha value is -0.640. The molecule has 0 radical (unpaired) electrons. The van der Waals surface area contributed by atoms with Gasteiger partial charge in [-0.3, -0.25) is 0 Å². The van der Waals surface area contributed by atoms with Gasteiger partial charge < -0.3 is 0 Å². The smallest absolute Gasteiger partial charge is 0.174 e. The van der Waals surface area contributed by atoms with Crippen molar-refractivity contribution in [1.29, 1.82) is 0 Å². The van der Waals surface area contributed by atoms with Gasteiger partial charge in [0.05, 0.1) is 0 Å². The fourth-order valence-electron chi connectivity index (χ4n) is 1.68. The molecule has 0 bridgehead atoms. The van der Waals surface area contributed by atoms with Crippen LogP contribution in [0.25, 0.3) is 0 Å². The predicted molar refractivity (Wildman–Crippen MR) is 62.8 cm³/mol. The summed E-state index contributed by atoms with van der Waals surface area (Å²) in [5, 5.41) is 0. The van der Waals surface area contributed by atoms with E-state index in [4.69, 9.17) is 0 Å². The number of alkyl halides is 3. The van der Waals surface area contributed by atoms with E-state index in [-0.39, 0.29) is 0 Å². The summed E-state index contributed by atoms with van der Waals surface area (Å²) in [4.78, 5) is 1.58. The van der Waals surface area contributed by atoms with E-state index < -0.39 is 6.68 Å². The zero-order valence-electron chi connectivity index (χ0n) is 9.04. The molecule has 2 rings (SSSR count). The van der Waals surface area contributed by atoms with E-state index in [2.05, 4.69) is 30.3 Å². The van der Waals surface area contributed by atoms with Crippen LogP contribution in [0.4, 0.5) is 13.2 Å². The Morgan fingerprint density at radius 3 is 1.88 bits per heavy atom. The van der Waals surface area contributed by atoms with Crippen molar-refractivity contribution in [3.8, 4) is 0 Å². The molecule has 0 aliphatic carbocycles. The minimum atomic E-state index is -3.67. The van der Waals surface area contributed by atoms with Crippen molar-refractivity contribution >= 4 is 10.9 Å². The SMILES string of the molecule is FC(F)F.c1ccc([S+]2CCCCC2)cc1. The molecule has 1 heterocycles. The summed E-state index contributed by atoms with van der Waals surface area (Å²) in [6, 6.07) is 11.0. The second kappa shape index (κ2) is 7.60. The Balaban J connectivity index is 0.000000280. The van der Waals surface area contributed by atoms with E-state index in [1.807, 2.05) is 0 Å². The normalized spacial score (nSPS) is 16.8. The molecule has 16 heavy (non-hydrogen) atoms. The van der Waals surface area contributed by atoms with Crippen molar-refractivity contribution in [2.75, 3.05) is 11.5 Å². The van der Waals surface area contributed by atoms with Gasteiger partial charge in [-0.1, -0.05) is 18.2 Å². The fourth-order valence-corrected chi connectivity index (χ4v) is 4.00. The van der Waals surface area contributed by atoms with Crippen LogP contribution < -0.4 is 0 Å². The van der Waals surface area contributed by atoms with Gasteiger partial charge in [0.15, 0.2) is 4.90 Å².